The Morgan fingerprint density at radius 3 is 2.29 bits per heavy atom. The lowest BCUT2D eigenvalue weighted by atomic mass is 10.1. The third-order valence-electron chi connectivity index (χ3n) is 3.61. The Balaban J connectivity index is 1.75. The molecular formula is C16H12Cl2FNO. The van der Waals surface area contributed by atoms with Crippen LogP contribution in [-0.4, -0.2) is 10.2 Å². The number of amides is 1. The van der Waals surface area contributed by atoms with Crippen LogP contribution >= 0.6 is 23.2 Å². The highest BCUT2D eigenvalue weighted by molar-refractivity contribution is 6.53. The van der Waals surface area contributed by atoms with E-state index >= 15 is 0 Å². The quantitative estimate of drug-likeness (QED) is 0.836. The van der Waals surface area contributed by atoms with E-state index in [4.69, 9.17) is 23.2 Å². The van der Waals surface area contributed by atoms with Gasteiger partial charge < -0.3 is 5.32 Å². The number of nitrogens with one attached hydrogen (secondary N) is 1. The van der Waals surface area contributed by atoms with Crippen molar-refractivity contribution in [2.45, 2.75) is 10.3 Å². The van der Waals surface area contributed by atoms with Crippen molar-refractivity contribution in [1.82, 2.24) is 0 Å². The summed E-state index contributed by atoms with van der Waals surface area (Å²) in [5, 5.41) is 2.71. The molecule has 0 unspecified atom stereocenters. The van der Waals surface area contributed by atoms with Crippen molar-refractivity contribution in [2.75, 3.05) is 5.32 Å². The molecule has 0 aromatic heterocycles. The van der Waals surface area contributed by atoms with Gasteiger partial charge in [0.25, 0.3) is 0 Å². The number of hydrogen-bond donors (Lipinski definition) is 1. The predicted molar refractivity (Wildman–Crippen MR) is 82.1 cm³/mol. The van der Waals surface area contributed by atoms with E-state index in [1.165, 1.54) is 24.3 Å². The maximum Gasteiger partial charge on any atom is 0.231 e. The first-order chi connectivity index (χ1) is 10.00. The van der Waals surface area contributed by atoms with Gasteiger partial charge >= 0.3 is 0 Å². The average molecular weight is 324 g/mol. The Kier molecular flexibility index (Phi) is 3.64. The van der Waals surface area contributed by atoms with Crippen molar-refractivity contribution in [3.63, 3.8) is 0 Å². The Morgan fingerprint density at radius 2 is 1.67 bits per heavy atom. The number of benzene rings is 2. The van der Waals surface area contributed by atoms with Crippen LogP contribution in [0.2, 0.25) is 0 Å². The highest BCUT2D eigenvalue weighted by Crippen LogP contribution is 2.65. The van der Waals surface area contributed by atoms with E-state index in [2.05, 4.69) is 5.32 Å². The minimum atomic E-state index is -1.11. The van der Waals surface area contributed by atoms with Crippen LogP contribution in [0.4, 0.5) is 10.1 Å². The number of alkyl halides is 2. The molecule has 108 valence electrons. The van der Waals surface area contributed by atoms with E-state index < -0.39 is 10.3 Å². The minimum absolute atomic E-state index is 0.234. The molecule has 0 spiro atoms. The number of carbonyl (C=O) groups is 1. The summed E-state index contributed by atoms with van der Waals surface area (Å²) < 4.78 is 11.7. The molecule has 21 heavy (non-hydrogen) atoms. The molecular weight excluding hydrogens is 312 g/mol. The van der Waals surface area contributed by atoms with E-state index in [-0.39, 0.29) is 17.6 Å². The van der Waals surface area contributed by atoms with Crippen LogP contribution in [0.5, 0.6) is 0 Å². The fraction of sp³-hybridized carbons (Fsp3) is 0.188. The maximum atomic E-state index is 12.8. The topological polar surface area (TPSA) is 29.1 Å². The number of hydrogen-bond acceptors (Lipinski definition) is 1. The van der Waals surface area contributed by atoms with E-state index in [1.807, 2.05) is 30.3 Å². The molecule has 2 aromatic carbocycles. The molecule has 0 radical (unpaired) electrons. The Hall–Kier alpha value is -1.58. The summed E-state index contributed by atoms with van der Waals surface area (Å²) in [5.74, 6) is -1.37. The molecule has 0 bridgehead atoms. The number of halogens is 3. The third-order valence-corrected chi connectivity index (χ3v) is 4.55. The summed E-state index contributed by atoms with van der Waals surface area (Å²) in [6.07, 6.45) is 0. The van der Waals surface area contributed by atoms with Gasteiger partial charge in [-0.1, -0.05) is 30.3 Å². The lowest BCUT2D eigenvalue weighted by Crippen LogP contribution is -2.17. The zero-order valence-electron chi connectivity index (χ0n) is 10.9. The molecule has 1 amide bonds. The lowest BCUT2D eigenvalue weighted by Gasteiger charge is -2.04. The number of rotatable bonds is 3. The zero-order valence-corrected chi connectivity index (χ0v) is 12.4. The lowest BCUT2D eigenvalue weighted by molar-refractivity contribution is -0.117. The third kappa shape index (κ3) is 2.76. The largest absolute Gasteiger partial charge is 0.326 e. The van der Waals surface area contributed by atoms with Gasteiger partial charge in [-0.3, -0.25) is 4.79 Å². The number of anilines is 1. The molecule has 5 heteroatoms. The molecule has 0 aliphatic heterocycles. The van der Waals surface area contributed by atoms with Crippen molar-refractivity contribution in [3.05, 3.63) is 66.0 Å². The summed E-state index contributed by atoms with van der Waals surface area (Å²) in [4.78, 5) is 12.3. The Morgan fingerprint density at radius 1 is 1.05 bits per heavy atom. The average Bonchev–Trinajstić information content (AvgIpc) is 3.05. The SMILES string of the molecule is O=C(Nc1ccc(F)cc1)[C@H]1[C@@H](c2ccccc2)C1(Cl)Cl. The molecule has 2 nitrogen and oxygen atoms in total. The summed E-state index contributed by atoms with van der Waals surface area (Å²) in [6, 6.07) is 15.0. The smallest absolute Gasteiger partial charge is 0.231 e. The first kappa shape index (κ1) is 14.4. The molecule has 1 aliphatic rings. The number of carbonyl (C=O) groups excluding carboxylic acids is 1. The van der Waals surface area contributed by atoms with Crippen molar-refractivity contribution in [3.8, 4) is 0 Å². The van der Waals surface area contributed by atoms with Gasteiger partial charge in [0.15, 0.2) is 0 Å². The monoisotopic (exact) mass is 323 g/mol. The van der Waals surface area contributed by atoms with Crippen LogP contribution in [0.15, 0.2) is 54.6 Å². The van der Waals surface area contributed by atoms with E-state index in [9.17, 15) is 9.18 Å². The van der Waals surface area contributed by atoms with Gasteiger partial charge in [0.1, 0.15) is 10.2 Å². The maximum absolute atomic E-state index is 12.8. The van der Waals surface area contributed by atoms with Crippen molar-refractivity contribution < 1.29 is 9.18 Å². The van der Waals surface area contributed by atoms with Crippen LogP contribution < -0.4 is 5.32 Å². The Bertz CT molecular complexity index is 658. The van der Waals surface area contributed by atoms with Crippen molar-refractivity contribution >= 4 is 34.8 Å². The molecule has 1 aliphatic carbocycles. The highest BCUT2D eigenvalue weighted by Gasteiger charge is 2.67. The van der Waals surface area contributed by atoms with Crippen LogP contribution in [0.1, 0.15) is 11.5 Å². The molecule has 1 saturated carbocycles. The van der Waals surface area contributed by atoms with Crippen LogP contribution in [0.25, 0.3) is 0 Å². The van der Waals surface area contributed by atoms with E-state index in [1.54, 1.807) is 0 Å². The molecule has 2 aromatic rings. The van der Waals surface area contributed by atoms with Crippen LogP contribution in [-0.2, 0) is 4.79 Å². The van der Waals surface area contributed by atoms with Gasteiger partial charge in [0, 0.05) is 11.6 Å². The second-order valence-electron chi connectivity index (χ2n) is 5.04. The van der Waals surface area contributed by atoms with E-state index in [0.29, 0.717) is 5.69 Å². The molecule has 1 fully saturated rings. The fourth-order valence-corrected chi connectivity index (χ4v) is 3.31. The summed E-state index contributed by atoms with van der Waals surface area (Å²) in [5.41, 5.74) is 1.45. The molecule has 0 heterocycles. The molecule has 2 atom stereocenters. The molecule has 3 rings (SSSR count). The van der Waals surface area contributed by atoms with E-state index in [0.717, 1.165) is 5.56 Å². The van der Waals surface area contributed by atoms with Gasteiger partial charge in [0.2, 0.25) is 5.91 Å². The normalized spacial score (nSPS) is 22.6. The molecule has 0 saturated heterocycles. The first-order valence-corrected chi connectivity index (χ1v) is 7.25. The predicted octanol–water partition coefficient (Wildman–Crippen LogP) is 4.35. The van der Waals surface area contributed by atoms with Gasteiger partial charge in [0.05, 0.1) is 5.92 Å². The minimum Gasteiger partial charge on any atom is -0.326 e. The van der Waals surface area contributed by atoms with Gasteiger partial charge in [-0.25, -0.2) is 4.39 Å². The van der Waals surface area contributed by atoms with Crippen molar-refractivity contribution in [1.29, 1.82) is 0 Å². The standard InChI is InChI=1S/C16H12Cl2FNO/c17-16(18)13(10-4-2-1-3-5-10)14(16)15(21)20-12-8-6-11(19)7-9-12/h1-9,13-14H,(H,20,21)/t13-,14-/m1/s1. The summed E-state index contributed by atoms with van der Waals surface area (Å²) in [7, 11) is 0. The van der Waals surface area contributed by atoms with Crippen LogP contribution in [0.3, 0.4) is 0 Å². The summed E-state index contributed by atoms with van der Waals surface area (Å²) >= 11 is 12.5. The first-order valence-electron chi connectivity index (χ1n) is 6.49. The van der Waals surface area contributed by atoms with Gasteiger partial charge in [-0.15, -0.1) is 23.2 Å². The second kappa shape index (κ2) is 5.32. The highest BCUT2D eigenvalue weighted by atomic mass is 35.5. The Labute approximate surface area is 131 Å². The van der Waals surface area contributed by atoms with Gasteiger partial charge in [-0.05, 0) is 29.8 Å². The van der Waals surface area contributed by atoms with Crippen LogP contribution in [0, 0.1) is 11.7 Å². The summed E-state index contributed by atoms with van der Waals surface area (Å²) in [6.45, 7) is 0. The molecule has 1 N–H and O–H groups in total. The second-order valence-corrected chi connectivity index (χ2v) is 6.48. The zero-order chi connectivity index (χ0) is 15.0. The van der Waals surface area contributed by atoms with Crippen molar-refractivity contribution in [2.24, 2.45) is 5.92 Å². The van der Waals surface area contributed by atoms with Gasteiger partial charge in [-0.2, -0.15) is 0 Å². The fourth-order valence-electron chi connectivity index (χ4n) is 2.48.